The maximum absolute atomic E-state index is 10.8. The third-order valence-corrected chi connectivity index (χ3v) is 2.99. The number of fused-ring (bicyclic) bond motifs is 1. The van der Waals surface area contributed by atoms with Crippen LogP contribution in [0.5, 0.6) is 0 Å². The zero-order chi connectivity index (χ0) is 12.4. The molecular weight excluding hydrogens is 218 g/mol. The van der Waals surface area contributed by atoms with Gasteiger partial charge in [0.05, 0.1) is 5.56 Å². The second kappa shape index (κ2) is 4.57. The Kier molecular flexibility index (Phi) is 3.13. The van der Waals surface area contributed by atoms with Crippen LogP contribution in [-0.4, -0.2) is 16.1 Å². The van der Waals surface area contributed by atoms with Gasteiger partial charge in [-0.05, 0) is 31.0 Å². The monoisotopic (exact) mass is 233 g/mol. The molecule has 0 bridgehead atoms. The molecule has 0 saturated heterocycles. The molecule has 0 amide bonds. The number of carbonyl (C=O) groups is 1. The van der Waals surface area contributed by atoms with Crippen LogP contribution in [0.25, 0.3) is 11.1 Å². The zero-order valence-electron chi connectivity index (χ0n) is 9.93. The van der Waals surface area contributed by atoms with Crippen LogP contribution in [0.15, 0.2) is 22.6 Å². The average Bonchev–Trinajstić information content (AvgIpc) is 2.72. The molecule has 1 aromatic heterocycles. The molecule has 2 rings (SSSR count). The highest BCUT2D eigenvalue weighted by Gasteiger charge is 2.15. The molecule has 0 atom stereocenters. The number of benzene rings is 1. The van der Waals surface area contributed by atoms with E-state index in [-0.39, 0.29) is 5.56 Å². The zero-order valence-corrected chi connectivity index (χ0v) is 9.93. The molecular formula is C13H15NO3. The summed E-state index contributed by atoms with van der Waals surface area (Å²) in [6.07, 6.45) is 1.93. The molecule has 0 aliphatic rings. The van der Waals surface area contributed by atoms with Gasteiger partial charge in [-0.25, -0.2) is 9.78 Å². The Labute approximate surface area is 99.3 Å². The van der Waals surface area contributed by atoms with Crippen molar-refractivity contribution in [2.75, 3.05) is 0 Å². The van der Waals surface area contributed by atoms with Crippen molar-refractivity contribution in [3.63, 3.8) is 0 Å². The molecule has 0 saturated carbocycles. The third kappa shape index (κ3) is 2.16. The SMILES string of the molecule is CCC(CC)c1nc2ccc(C(=O)O)cc2o1. The predicted octanol–water partition coefficient (Wildman–Crippen LogP) is 3.43. The number of carboxylic acids is 1. The first-order valence-electron chi connectivity index (χ1n) is 5.79. The van der Waals surface area contributed by atoms with Gasteiger partial charge in [-0.3, -0.25) is 0 Å². The number of carboxylic acid groups (broad SMARTS) is 1. The quantitative estimate of drug-likeness (QED) is 0.878. The minimum absolute atomic E-state index is 0.227. The highest BCUT2D eigenvalue weighted by Crippen LogP contribution is 2.26. The Hall–Kier alpha value is -1.84. The topological polar surface area (TPSA) is 63.3 Å². The van der Waals surface area contributed by atoms with Crippen molar-refractivity contribution in [2.24, 2.45) is 0 Å². The first-order valence-corrected chi connectivity index (χ1v) is 5.79. The normalized spacial score (nSPS) is 11.2. The fourth-order valence-electron chi connectivity index (χ4n) is 1.89. The van der Waals surface area contributed by atoms with Crippen molar-refractivity contribution in [1.29, 1.82) is 0 Å². The first kappa shape index (κ1) is 11.6. The highest BCUT2D eigenvalue weighted by molar-refractivity contribution is 5.91. The maximum atomic E-state index is 10.8. The highest BCUT2D eigenvalue weighted by atomic mass is 16.4. The summed E-state index contributed by atoms with van der Waals surface area (Å²) in [5.74, 6) is 0.0515. The van der Waals surface area contributed by atoms with Crippen molar-refractivity contribution in [3.05, 3.63) is 29.7 Å². The number of oxazole rings is 1. The smallest absolute Gasteiger partial charge is 0.335 e. The van der Waals surface area contributed by atoms with Gasteiger partial charge in [0.1, 0.15) is 5.52 Å². The van der Waals surface area contributed by atoms with E-state index in [1.54, 1.807) is 12.1 Å². The van der Waals surface area contributed by atoms with Crippen molar-refractivity contribution in [3.8, 4) is 0 Å². The van der Waals surface area contributed by atoms with Crippen molar-refractivity contribution in [1.82, 2.24) is 4.98 Å². The molecule has 0 aliphatic carbocycles. The van der Waals surface area contributed by atoms with E-state index in [1.165, 1.54) is 6.07 Å². The van der Waals surface area contributed by atoms with Gasteiger partial charge in [-0.2, -0.15) is 0 Å². The van der Waals surface area contributed by atoms with Crippen LogP contribution in [0.4, 0.5) is 0 Å². The molecule has 90 valence electrons. The number of hydrogen-bond donors (Lipinski definition) is 1. The molecule has 0 radical (unpaired) electrons. The largest absolute Gasteiger partial charge is 0.478 e. The van der Waals surface area contributed by atoms with E-state index in [2.05, 4.69) is 18.8 Å². The molecule has 1 heterocycles. The summed E-state index contributed by atoms with van der Waals surface area (Å²) in [7, 11) is 0. The molecule has 0 fully saturated rings. The summed E-state index contributed by atoms with van der Waals surface area (Å²) in [4.78, 5) is 15.2. The molecule has 0 spiro atoms. The van der Waals surface area contributed by atoms with Gasteiger partial charge in [-0.15, -0.1) is 0 Å². The fraction of sp³-hybridized carbons (Fsp3) is 0.385. The summed E-state index contributed by atoms with van der Waals surface area (Å²) >= 11 is 0. The minimum atomic E-state index is -0.951. The summed E-state index contributed by atoms with van der Waals surface area (Å²) in [5, 5.41) is 8.89. The minimum Gasteiger partial charge on any atom is -0.478 e. The van der Waals surface area contributed by atoms with Crippen LogP contribution in [0.3, 0.4) is 0 Å². The van der Waals surface area contributed by atoms with Gasteiger partial charge in [0.15, 0.2) is 11.5 Å². The van der Waals surface area contributed by atoms with Gasteiger partial charge in [0.25, 0.3) is 0 Å². The lowest BCUT2D eigenvalue weighted by Crippen LogP contribution is -1.94. The third-order valence-electron chi connectivity index (χ3n) is 2.99. The van der Waals surface area contributed by atoms with E-state index in [4.69, 9.17) is 9.52 Å². The maximum Gasteiger partial charge on any atom is 0.335 e. The lowest BCUT2D eigenvalue weighted by Gasteiger charge is -2.05. The Morgan fingerprint density at radius 1 is 1.41 bits per heavy atom. The van der Waals surface area contributed by atoms with E-state index in [9.17, 15) is 4.79 Å². The lowest BCUT2D eigenvalue weighted by molar-refractivity contribution is 0.0697. The van der Waals surface area contributed by atoms with Crippen LogP contribution in [0.1, 0.15) is 48.9 Å². The number of hydrogen-bond acceptors (Lipinski definition) is 3. The van der Waals surface area contributed by atoms with Gasteiger partial charge in [0.2, 0.25) is 0 Å². The van der Waals surface area contributed by atoms with E-state index >= 15 is 0 Å². The summed E-state index contributed by atoms with van der Waals surface area (Å²) in [6, 6.07) is 4.76. The second-order valence-corrected chi connectivity index (χ2v) is 4.05. The van der Waals surface area contributed by atoms with Crippen LogP contribution >= 0.6 is 0 Å². The van der Waals surface area contributed by atoms with Crippen molar-refractivity contribution >= 4 is 17.1 Å². The van der Waals surface area contributed by atoms with E-state index < -0.39 is 5.97 Å². The Bertz CT molecular complexity index is 541. The Morgan fingerprint density at radius 2 is 2.12 bits per heavy atom. The van der Waals surface area contributed by atoms with Crippen molar-refractivity contribution in [2.45, 2.75) is 32.6 Å². The van der Waals surface area contributed by atoms with Crippen LogP contribution in [0, 0.1) is 0 Å². The van der Waals surface area contributed by atoms with E-state index in [0.717, 1.165) is 18.4 Å². The standard InChI is InChI=1S/C13H15NO3/c1-3-8(4-2)12-14-10-6-5-9(13(15)16)7-11(10)17-12/h5-8H,3-4H2,1-2H3,(H,15,16). The molecule has 17 heavy (non-hydrogen) atoms. The number of aromatic carboxylic acids is 1. The second-order valence-electron chi connectivity index (χ2n) is 4.05. The Balaban J connectivity index is 2.46. The molecule has 4 nitrogen and oxygen atoms in total. The number of nitrogens with zero attached hydrogens (tertiary/aromatic N) is 1. The first-order chi connectivity index (χ1) is 8.15. The number of aromatic nitrogens is 1. The van der Waals surface area contributed by atoms with Crippen LogP contribution < -0.4 is 0 Å². The Morgan fingerprint density at radius 3 is 2.71 bits per heavy atom. The molecule has 1 aromatic carbocycles. The fourth-order valence-corrected chi connectivity index (χ4v) is 1.89. The van der Waals surface area contributed by atoms with Gasteiger partial charge >= 0.3 is 5.97 Å². The average molecular weight is 233 g/mol. The summed E-state index contributed by atoms with van der Waals surface area (Å²) in [5.41, 5.74) is 1.49. The van der Waals surface area contributed by atoms with E-state index in [1.807, 2.05) is 0 Å². The van der Waals surface area contributed by atoms with Crippen LogP contribution in [0.2, 0.25) is 0 Å². The lowest BCUT2D eigenvalue weighted by atomic mass is 10.0. The molecule has 4 heteroatoms. The van der Waals surface area contributed by atoms with Gasteiger partial charge in [0, 0.05) is 5.92 Å². The molecule has 0 aliphatic heterocycles. The van der Waals surface area contributed by atoms with E-state index in [0.29, 0.717) is 17.4 Å². The molecule has 0 unspecified atom stereocenters. The van der Waals surface area contributed by atoms with Crippen LogP contribution in [-0.2, 0) is 0 Å². The molecule has 1 N–H and O–H groups in total. The molecule has 2 aromatic rings. The summed E-state index contributed by atoms with van der Waals surface area (Å²) < 4.78 is 5.63. The predicted molar refractivity (Wildman–Crippen MR) is 64.3 cm³/mol. The van der Waals surface area contributed by atoms with Gasteiger partial charge < -0.3 is 9.52 Å². The summed E-state index contributed by atoms with van der Waals surface area (Å²) in [6.45, 7) is 4.18. The van der Waals surface area contributed by atoms with Crippen molar-refractivity contribution < 1.29 is 14.3 Å². The van der Waals surface area contributed by atoms with Gasteiger partial charge in [-0.1, -0.05) is 13.8 Å². The number of rotatable bonds is 4.